The van der Waals surface area contributed by atoms with E-state index in [4.69, 9.17) is 9.47 Å². The van der Waals surface area contributed by atoms with E-state index in [1.54, 1.807) is 31.2 Å². The third-order valence-electron chi connectivity index (χ3n) is 2.90. The molecule has 0 spiro atoms. The Bertz CT molecular complexity index is 623. The second-order valence-electron chi connectivity index (χ2n) is 4.32. The normalized spacial score (nSPS) is 10.2. The van der Waals surface area contributed by atoms with Crippen LogP contribution in [0.25, 0.3) is 0 Å². The van der Waals surface area contributed by atoms with Gasteiger partial charge in [-0.1, -0.05) is 12.1 Å². The van der Waals surface area contributed by atoms with Gasteiger partial charge in [-0.15, -0.1) is 0 Å². The molecule has 0 N–H and O–H groups in total. The summed E-state index contributed by atoms with van der Waals surface area (Å²) in [4.78, 5) is 12.1. The Hall–Kier alpha value is -2.36. The lowest BCUT2D eigenvalue weighted by atomic mass is 10.1. The van der Waals surface area contributed by atoms with Crippen molar-refractivity contribution in [1.82, 2.24) is 0 Å². The summed E-state index contributed by atoms with van der Waals surface area (Å²) in [6.07, 6.45) is 0. The van der Waals surface area contributed by atoms with Crippen molar-refractivity contribution in [1.29, 1.82) is 0 Å². The highest BCUT2D eigenvalue weighted by Gasteiger charge is 2.12. The van der Waals surface area contributed by atoms with E-state index in [0.717, 1.165) is 0 Å². The zero-order valence-corrected chi connectivity index (χ0v) is 11.4. The number of benzene rings is 2. The number of para-hydroxylation sites is 1. The first-order valence-electron chi connectivity index (χ1n) is 6.17. The van der Waals surface area contributed by atoms with Gasteiger partial charge in [-0.25, -0.2) is 4.39 Å². The van der Waals surface area contributed by atoms with Crippen LogP contribution in [0.4, 0.5) is 4.39 Å². The SMILES string of the molecule is COc1ccccc1C(=O)COc1ccc(F)cc1C. The second kappa shape index (κ2) is 6.19. The first-order valence-corrected chi connectivity index (χ1v) is 6.17. The van der Waals surface area contributed by atoms with Crippen molar-refractivity contribution in [3.05, 3.63) is 59.4 Å². The number of hydrogen-bond acceptors (Lipinski definition) is 3. The van der Waals surface area contributed by atoms with Crippen LogP contribution < -0.4 is 9.47 Å². The molecule has 0 saturated heterocycles. The van der Waals surface area contributed by atoms with E-state index in [1.165, 1.54) is 25.3 Å². The third kappa shape index (κ3) is 3.15. The zero-order chi connectivity index (χ0) is 14.5. The van der Waals surface area contributed by atoms with Crippen LogP contribution in [-0.4, -0.2) is 19.5 Å². The Balaban J connectivity index is 2.09. The van der Waals surface area contributed by atoms with Gasteiger partial charge in [0.15, 0.2) is 6.61 Å². The van der Waals surface area contributed by atoms with Gasteiger partial charge >= 0.3 is 0 Å². The fourth-order valence-corrected chi connectivity index (χ4v) is 1.87. The zero-order valence-electron chi connectivity index (χ0n) is 11.4. The Labute approximate surface area is 117 Å². The van der Waals surface area contributed by atoms with E-state index < -0.39 is 0 Å². The van der Waals surface area contributed by atoms with Crippen LogP contribution in [0.1, 0.15) is 15.9 Å². The maximum atomic E-state index is 13.0. The Kier molecular flexibility index (Phi) is 4.35. The van der Waals surface area contributed by atoms with Gasteiger partial charge in [0.25, 0.3) is 0 Å². The molecule has 0 aliphatic rings. The molecule has 0 aromatic heterocycles. The molecule has 0 aliphatic carbocycles. The van der Waals surface area contributed by atoms with Gasteiger partial charge < -0.3 is 9.47 Å². The summed E-state index contributed by atoms with van der Waals surface area (Å²) in [5, 5.41) is 0. The number of Topliss-reactive ketones (excluding diaryl/α,β-unsaturated/α-hetero) is 1. The van der Waals surface area contributed by atoms with Crippen LogP contribution in [0.2, 0.25) is 0 Å². The molecule has 0 fully saturated rings. The lowest BCUT2D eigenvalue weighted by molar-refractivity contribution is 0.0918. The predicted molar refractivity (Wildman–Crippen MR) is 74.0 cm³/mol. The quantitative estimate of drug-likeness (QED) is 0.784. The van der Waals surface area contributed by atoms with Gasteiger partial charge in [-0.3, -0.25) is 4.79 Å². The van der Waals surface area contributed by atoms with Gasteiger partial charge in [0, 0.05) is 0 Å². The van der Waals surface area contributed by atoms with Crippen LogP contribution in [0, 0.1) is 12.7 Å². The highest BCUT2D eigenvalue weighted by molar-refractivity contribution is 5.99. The predicted octanol–water partition coefficient (Wildman–Crippen LogP) is 3.40. The van der Waals surface area contributed by atoms with Gasteiger partial charge in [0.2, 0.25) is 5.78 Å². The minimum absolute atomic E-state index is 0.118. The standard InChI is InChI=1S/C16H15FO3/c1-11-9-12(17)7-8-15(11)20-10-14(18)13-5-3-4-6-16(13)19-2/h3-9H,10H2,1-2H3. The van der Waals surface area contributed by atoms with Gasteiger partial charge in [-0.2, -0.15) is 0 Å². The van der Waals surface area contributed by atoms with Crippen molar-refractivity contribution in [2.75, 3.05) is 13.7 Å². The monoisotopic (exact) mass is 274 g/mol. The summed E-state index contributed by atoms with van der Waals surface area (Å²) >= 11 is 0. The van der Waals surface area contributed by atoms with Gasteiger partial charge in [-0.05, 0) is 42.8 Å². The number of ether oxygens (including phenoxy) is 2. The fourth-order valence-electron chi connectivity index (χ4n) is 1.87. The number of carbonyl (C=O) groups is 1. The topological polar surface area (TPSA) is 35.5 Å². The molecule has 0 saturated carbocycles. The number of halogens is 1. The van der Waals surface area contributed by atoms with Gasteiger partial charge in [0.1, 0.15) is 17.3 Å². The number of carbonyl (C=O) groups excluding carboxylic acids is 1. The molecule has 0 radical (unpaired) electrons. The number of aryl methyl sites for hydroxylation is 1. The Morgan fingerprint density at radius 2 is 1.90 bits per heavy atom. The van der Waals surface area contributed by atoms with E-state index in [9.17, 15) is 9.18 Å². The molecule has 0 amide bonds. The molecule has 2 rings (SSSR count). The summed E-state index contributed by atoms with van der Waals surface area (Å²) in [6, 6.07) is 11.1. The molecule has 0 bridgehead atoms. The maximum absolute atomic E-state index is 13.0. The van der Waals surface area contributed by atoms with Crippen LogP contribution in [-0.2, 0) is 0 Å². The van der Waals surface area contributed by atoms with Crippen LogP contribution in [0.5, 0.6) is 11.5 Å². The molecule has 104 valence electrons. The molecule has 2 aromatic carbocycles. The van der Waals surface area contributed by atoms with E-state index in [0.29, 0.717) is 22.6 Å². The largest absolute Gasteiger partial charge is 0.496 e. The molecule has 2 aromatic rings. The van der Waals surface area contributed by atoms with Crippen LogP contribution in [0.15, 0.2) is 42.5 Å². The summed E-state index contributed by atoms with van der Waals surface area (Å²) < 4.78 is 23.5. The van der Waals surface area contributed by atoms with Crippen molar-refractivity contribution in [2.24, 2.45) is 0 Å². The number of methoxy groups -OCH3 is 1. The van der Waals surface area contributed by atoms with Crippen molar-refractivity contribution in [3.63, 3.8) is 0 Å². The first kappa shape index (κ1) is 14.1. The highest BCUT2D eigenvalue weighted by atomic mass is 19.1. The molecule has 0 unspecified atom stereocenters. The van der Waals surface area contributed by atoms with E-state index in [2.05, 4.69) is 0 Å². The molecule has 0 aliphatic heterocycles. The highest BCUT2D eigenvalue weighted by Crippen LogP contribution is 2.21. The average Bonchev–Trinajstić information content (AvgIpc) is 2.46. The van der Waals surface area contributed by atoms with Crippen molar-refractivity contribution in [2.45, 2.75) is 6.92 Å². The first-order chi connectivity index (χ1) is 9.61. The molecule has 20 heavy (non-hydrogen) atoms. The molecule has 4 heteroatoms. The third-order valence-corrected chi connectivity index (χ3v) is 2.90. The molecule has 0 heterocycles. The Morgan fingerprint density at radius 3 is 2.60 bits per heavy atom. The summed E-state index contributed by atoms with van der Waals surface area (Å²) in [5.74, 6) is 0.489. The maximum Gasteiger partial charge on any atom is 0.203 e. The number of rotatable bonds is 5. The van der Waals surface area contributed by atoms with E-state index in [-0.39, 0.29) is 18.2 Å². The summed E-state index contributed by atoms with van der Waals surface area (Å²) in [7, 11) is 1.51. The molecular formula is C16H15FO3. The fraction of sp³-hybridized carbons (Fsp3) is 0.188. The van der Waals surface area contributed by atoms with E-state index in [1.807, 2.05) is 0 Å². The van der Waals surface area contributed by atoms with Crippen molar-refractivity contribution in [3.8, 4) is 11.5 Å². The van der Waals surface area contributed by atoms with Crippen LogP contribution in [0.3, 0.4) is 0 Å². The van der Waals surface area contributed by atoms with E-state index >= 15 is 0 Å². The van der Waals surface area contributed by atoms with Crippen molar-refractivity contribution < 1.29 is 18.7 Å². The summed E-state index contributed by atoms with van der Waals surface area (Å²) in [6.45, 7) is 1.61. The smallest absolute Gasteiger partial charge is 0.203 e. The second-order valence-corrected chi connectivity index (χ2v) is 4.32. The number of hydrogen-bond donors (Lipinski definition) is 0. The van der Waals surface area contributed by atoms with Crippen LogP contribution >= 0.6 is 0 Å². The molecular weight excluding hydrogens is 259 g/mol. The minimum Gasteiger partial charge on any atom is -0.496 e. The number of ketones is 1. The van der Waals surface area contributed by atoms with Crippen molar-refractivity contribution >= 4 is 5.78 Å². The summed E-state index contributed by atoms with van der Waals surface area (Å²) in [5.41, 5.74) is 1.12. The molecule has 0 atom stereocenters. The van der Waals surface area contributed by atoms with Gasteiger partial charge in [0.05, 0.1) is 12.7 Å². The lowest BCUT2D eigenvalue weighted by Gasteiger charge is -2.10. The molecule has 3 nitrogen and oxygen atoms in total. The lowest BCUT2D eigenvalue weighted by Crippen LogP contribution is -2.13. The Morgan fingerprint density at radius 1 is 1.15 bits per heavy atom. The minimum atomic E-state index is -0.328. The average molecular weight is 274 g/mol.